The summed E-state index contributed by atoms with van der Waals surface area (Å²) in [5.41, 5.74) is 0.703. The number of pyridine rings is 1. The van der Waals surface area contributed by atoms with Gasteiger partial charge in [0.15, 0.2) is 0 Å². The molecule has 0 spiro atoms. The van der Waals surface area contributed by atoms with Crippen molar-refractivity contribution in [3.8, 4) is 22.6 Å². The van der Waals surface area contributed by atoms with Crippen LogP contribution in [0.15, 0.2) is 42.7 Å². The summed E-state index contributed by atoms with van der Waals surface area (Å²) in [5, 5.41) is 0. The number of alkyl halides is 3. The molecule has 0 fully saturated rings. The molecule has 0 atom stereocenters. The monoisotopic (exact) mass is 269 g/mol. The topological polar surface area (TPSA) is 31.4 Å². The molecule has 100 valence electrons. The fourth-order valence-electron chi connectivity index (χ4n) is 1.66. The second-order valence-corrected chi connectivity index (χ2v) is 3.62. The molecule has 0 N–H and O–H groups in total. The third kappa shape index (κ3) is 3.15. The Labute approximate surface area is 107 Å². The number of aromatic nitrogens is 1. The first kappa shape index (κ1) is 13.2. The smallest absolute Gasteiger partial charge is 0.496 e. The van der Waals surface area contributed by atoms with Crippen LogP contribution in [0.2, 0.25) is 0 Å². The van der Waals surface area contributed by atoms with Gasteiger partial charge < -0.3 is 9.47 Å². The highest BCUT2D eigenvalue weighted by Gasteiger charge is 2.32. The molecule has 6 heteroatoms. The minimum absolute atomic E-state index is 0.268. The summed E-state index contributed by atoms with van der Waals surface area (Å²) in [6.07, 6.45) is -1.82. The van der Waals surface area contributed by atoms with E-state index >= 15 is 0 Å². The maximum Gasteiger partial charge on any atom is 0.573 e. The third-order valence-electron chi connectivity index (χ3n) is 2.40. The van der Waals surface area contributed by atoms with Crippen LogP contribution in [0.4, 0.5) is 13.2 Å². The van der Waals surface area contributed by atoms with Crippen LogP contribution in [0.25, 0.3) is 11.1 Å². The molecule has 0 aliphatic rings. The van der Waals surface area contributed by atoms with Crippen LogP contribution >= 0.6 is 0 Å². The lowest BCUT2D eigenvalue weighted by atomic mass is 10.1. The van der Waals surface area contributed by atoms with Gasteiger partial charge in [0.1, 0.15) is 11.5 Å². The Morgan fingerprint density at radius 3 is 2.42 bits per heavy atom. The number of rotatable bonds is 3. The lowest BCUT2D eigenvalue weighted by Gasteiger charge is -2.14. The van der Waals surface area contributed by atoms with E-state index in [9.17, 15) is 13.2 Å². The van der Waals surface area contributed by atoms with Crippen molar-refractivity contribution in [2.24, 2.45) is 0 Å². The van der Waals surface area contributed by atoms with Gasteiger partial charge >= 0.3 is 6.36 Å². The van der Waals surface area contributed by atoms with Crippen LogP contribution in [-0.2, 0) is 0 Å². The highest BCUT2D eigenvalue weighted by molar-refractivity contribution is 5.74. The first-order valence-corrected chi connectivity index (χ1v) is 5.34. The van der Waals surface area contributed by atoms with Crippen molar-refractivity contribution in [1.82, 2.24) is 4.98 Å². The van der Waals surface area contributed by atoms with Crippen molar-refractivity contribution in [3.05, 3.63) is 42.7 Å². The first-order valence-electron chi connectivity index (χ1n) is 5.34. The second-order valence-electron chi connectivity index (χ2n) is 3.62. The van der Waals surface area contributed by atoms with Crippen LogP contribution in [0.5, 0.6) is 11.5 Å². The Morgan fingerprint density at radius 2 is 1.74 bits per heavy atom. The Hall–Kier alpha value is -2.24. The van der Waals surface area contributed by atoms with Crippen molar-refractivity contribution in [1.29, 1.82) is 0 Å². The standard InChI is InChI=1S/C13H10F3NO2/c1-18-11-6-7-17-8-10(11)9-4-2-3-5-12(9)19-13(14,15)16/h2-8H,1H3. The van der Waals surface area contributed by atoms with Crippen LogP contribution < -0.4 is 9.47 Å². The molecule has 0 saturated carbocycles. The zero-order valence-corrected chi connectivity index (χ0v) is 9.94. The summed E-state index contributed by atoms with van der Waals surface area (Å²) in [6, 6.07) is 7.41. The van der Waals surface area contributed by atoms with Gasteiger partial charge in [0.2, 0.25) is 0 Å². The summed E-state index contributed by atoms with van der Waals surface area (Å²) >= 11 is 0. The van der Waals surface area contributed by atoms with Gasteiger partial charge in [-0.3, -0.25) is 4.98 Å². The fraction of sp³-hybridized carbons (Fsp3) is 0.154. The number of hydrogen-bond acceptors (Lipinski definition) is 3. The minimum Gasteiger partial charge on any atom is -0.496 e. The van der Waals surface area contributed by atoms with Gasteiger partial charge in [0.25, 0.3) is 0 Å². The number of para-hydroxylation sites is 1. The van der Waals surface area contributed by atoms with E-state index in [0.29, 0.717) is 11.3 Å². The molecule has 3 nitrogen and oxygen atoms in total. The van der Waals surface area contributed by atoms with Crippen LogP contribution in [-0.4, -0.2) is 18.5 Å². The summed E-state index contributed by atoms with van der Waals surface area (Å²) in [5.74, 6) is 0.134. The van der Waals surface area contributed by atoms with Gasteiger partial charge in [-0.1, -0.05) is 18.2 Å². The van der Waals surface area contributed by atoms with Gasteiger partial charge in [-0.25, -0.2) is 0 Å². The molecule has 2 rings (SSSR count). The van der Waals surface area contributed by atoms with Crippen molar-refractivity contribution < 1.29 is 22.6 Å². The fourth-order valence-corrected chi connectivity index (χ4v) is 1.66. The number of nitrogens with zero attached hydrogens (tertiary/aromatic N) is 1. The predicted octanol–water partition coefficient (Wildman–Crippen LogP) is 3.66. The average Bonchev–Trinajstić information content (AvgIpc) is 2.37. The number of benzene rings is 1. The van der Waals surface area contributed by atoms with Gasteiger partial charge in [-0.05, 0) is 12.1 Å². The predicted molar refractivity (Wildman–Crippen MR) is 62.9 cm³/mol. The summed E-state index contributed by atoms with van der Waals surface area (Å²) in [7, 11) is 1.44. The highest BCUT2D eigenvalue weighted by Crippen LogP contribution is 2.37. The molecular weight excluding hydrogens is 259 g/mol. The quantitative estimate of drug-likeness (QED) is 0.852. The molecule has 2 aromatic rings. The normalized spacial score (nSPS) is 11.2. The van der Waals surface area contributed by atoms with Crippen molar-refractivity contribution in [2.75, 3.05) is 7.11 Å². The van der Waals surface area contributed by atoms with Crippen molar-refractivity contribution in [2.45, 2.75) is 6.36 Å². The van der Waals surface area contributed by atoms with E-state index in [4.69, 9.17) is 4.74 Å². The molecule has 0 aliphatic heterocycles. The van der Waals surface area contributed by atoms with Gasteiger partial charge in [0.05, 0.1) is 7.11 Å². The largest absolute Gasteiger partial charge is 0.573 e. The molecule has 0 unspecified atom stereocenters. The Bertz CT molecular complexity index is 570. The Kier molecular flexibility index (Phi) is 3.59. The molecule has 19 heavy (non-hydrogen) atoms. The molecule has 1 aromatic heterocycles. The maximum absolute atomic E-state index is 12.4. The molecule has 0 bridgehead atoms. The van der Waals surface area contributed by atoms with Gasteiger partial charge in [-0.15, -0.1) is 13.2 Å². The van der Waals surface area contributed by atoms with E-state index in [2.05, 4.69) is 9.72 Å². The van der Waals surface area contributed by atoms with Gasteiger partial charge in [0, 0.05) is 23.5 Å². The Morgan fingerprint density at radius 1 is 1.00 bits per heavy atom. The molecule has 0 amide bonds. The van der Waals surface area contributed by atoms with E-state index < -0.39 is 6.36 Å². The average molecular weight is 269 g/mol. The highest BCUT2D eigenvalue weighted by atomic mass is 19.4. The molecule has 0 radical (unpaired) electrons. The number of ether oxygens (including phenoxy) is 2. The third-order valence-corrected chi connectivity index (χ3v) is 2.40. The number of halogens is 3. The first-order chi connectivity index (χ1) is 9.01. The molecule has 0 saturated heterocycles. The summed E-state index contributed by atoms with van der Waals surface area (Å²) in [6.45, 7) is 0. The zero-order valence-electron chi connectivity index (χ0n) is 9.94. The molecular formula is C13H10F3NO2. The summed E-state index contributed by atoms with van der Waals surface area (Å²) in [4.78, 5) is 3.89. The van der Waals surface area contributed by atoms with E-state index in [1.807, 2.05) is 0 Å². The van der Waals surface area contributed by atoms with Crippen molar-refractivity contribution >= 4 is 0 Å². The van der Waals surface area contributed by atoms with E-state index in [-0.39, 0.29) is 11.3 Å². The number of methoxy groups -OCH3 is 1. The van der Waals surface area contributed by atoms with Crippen molar-refractivity contribution in [3.63, 3.8) is 0 Å². The molecule has 1 heterocycles. The van der Waals surface area contributed by atoms with E-state index in [1.54, 1.807) is 12.1 Å². The van der Waals surface area contributed by atoms with E-state index in [0.717, 1.165) is 0 Å². The van der Waals surface area contributed by atoms with Crippen LogP contribution in [0, 0.1) is 0 Å². The second kappa shape index (κ2) is 5.17. The Balaban J connectivity index is 2.50. The lowest BCUT2D eigenvalue weighted by Crippen LogP contribution is -2.17. The van der Waals surface area contributed by atoms with Crippen LogP contribution in [0.3, 0.4) is 0 Å². The van der Waals surface area contributed by atoms with Gasteiger partial charge in [-0.2, -0.15) is 0 Å². The minimum atomic E-state index is -4.74. The molecule has 0 aliphatic carbocycles. The van der Waals surface area contributed by atoms with Crippen LogP contribution in [0.1, 0.15) is 0 Å². The molecule has 1 aromatic carbocycles. The zero-order chi connectivity index (χ0) is 13.9. The SMILES string of the molecule is COc1ccncc1-c1ccccc1OC(F)(F)F. The van der Waals surface area contributed by atoms with E-state index in [1.165, 1.54) is 37.7 Å². The lowest BCUT2D eigenvalue weighted by molar-refractivity contribution is -0.274. The summed E-state index contributed by atoms with van der Waals surface area (Å²) < 4.78 is 46.2. The maximum atomic E-state index is 12.4. The number of hydrogen-bond donors (Lipinski definition) is 0.